The molecule has 1 atom stereocenters. The van der Waals surface area contributed by atoms with Gasteiger partial charge in [0.15, 0.2) is 0 Å². The largest absolute Gasteiger partial charge is 0.396 e. The fourth-order valence-corrected chi connectivity index (χ4v) is 2.33. The van der Waals surface area contributed by atoms with Gasteiger partial charge >= 0.3 is 0 Å². The van der Waals surface area contributed by atoms with Gasteiger partial charge in [0.05, 0.1) is 6.07 Å². The second-order valence-corrected chi connectivity index (χ2v) is 4.18. The van der Waals surface area contributed by atoms with E-state index < -0.39 is 5.54 Å². The molecule has 3 heteroatoms. The third-order valence-electron chi connectivity index (χ3n) is 3.20. The van der Waals surface area contributed by atoms with Gasteiger partial charge in [0.1, 0.15) is 5.54 Å². The number of aryl methyl sites for hydroxylation is 1. The van der Waals surface area contributed by atoms with Gasteiger partial charge in [0.25, 0.3) is 0 Å². The third-order valence-corrected chi connectivity index (χ3v) is 3.20. The molecule has 1 aliphatic rings. The molecule has 1 aromatic rings. The van der Waals surface area contributed by atoms with Crippen molar-refractivity contribution in [3.05, 3.63) is 35.4 Å². The van der Waals surface area contributed by atoms with Gasteiger partial charge in [-0.2, -0.15) is 5.26 Å². The molecule has 0 saturated carbocycles. The lowest BCUT2D eigenvalue weighted by atomic mass is 9.93. The highest BCUT2D eigenvalue weighted by atomic mass is 16.3. The molecule has 0 amide bonds. The lowest BCUT2D eigenvalue weighted by Crippen LogP contribution is -2.39. The zero-order chi connectivity index (χ0) is 11.4. The van der Waals surface area contributed by atoms with E-state index in [0.29, 0.717) is 13.0 Å². The van der Waals surface area contributed by atoms with Crippen LogP contribution in [-0.2, 0) is 12.0 Å². The van der Waals surface area contributed by atoms with E-state index in [1.165, 1.54) is 5.56 Å². The maximum absolute atomic E-state index is 9.39. The summed E-state index contributed by atoms with van der Waals surface area (Å²) in [5.41, 5.74) is 1.84. The van der Waals surface area contributed by atoms with Crippen LogP contribution in [0.15, 0.2) is 24.3 Å². The van der Waals surface area contributed by atoms with Crippen molar-refractivity contribution in [2.45, 2.75) is 24.8 Å². The second kappa shape index (κ2) is 4.65. The first-order valence-electron chi connectivity index (χ1n) is 5.68. The summed E-state index contributed by atoms with van der Waals surface area (Å²) in [6, 6.07) is 10.5. The van der Waals surface area contributed by atoms with Crippen LogP contribution in [0, 0.1) is 11.3 Å². The molecule has 16 heavy (non-hydrogen) atoms. The van der Waals surface area contributed by atoms with Crippen LogP contribution in [0.5, 0.6) is 0 Å². The summed E-state index contributed by atoms with van der Waals surface area (Å²) >= 11 is 0. The standard InChI is InChI=1S/C13H16N2O/c14-10-13(15-8-3-9-16)7-6-11-4-1-2-5-12(11)13/h1-2,4-5,15-16H,3,6-9H2. The summed E-state index contributed by atoms with van der Waals surface area (Å²) in [5.74, 6) is 0. The van der Waals surface area contributed by atoms with E-state index >= 15 is 0 Å². The van der Waals surface area contributed by atoms with E-state index in [4.69, 9.17) is 5.11 Å². The zero-order valence-electron chi connectivity index (χ0n) is 9.24. The van der Waals surface area contributed by atoms with Gasteiger partial charge in [-0.3, -0.25) is 5.32 Å². The van der Waals surface area contributed by atoms with Crippen molar-refractivity contribution in [2.24, 2.45) is 0 Å². The van der Waals surface area contributed by atoms with Crippen LogP contribution >= 0.6 is 0 Å². The number of rotatable bonds is 4. The highest BCUT2D eigenvalue weighted by Crippen LogP contribution is 2.36. The van der Waals surface area contributed by atoms with Crippen LogP contribution in [0.3, 0.4) is 0 Å². The summed E-state index contributed by atoms with van der Waals surface area (Å²) < 4.78 is 0. The Hall–Kier alpha value is -1.37. The molecule has 0 radical (unpaired) electrons. The Morgan fingerprint density at radius 2 is 2.25 bits per heavy atom. The number of nitrogens with one attached hydrogen (secondary N) is 1. The molecule has 0 aromatic heterocycles. The summed E-state index contributed by atoms with van der Waals surface area (Å²) in [6.07, 6.45) is 2.47. The number of aliphatic hydroxyl groups is 1. The van der Waals surface area contributed by atoms with E-state index in [-0.39, 0.29) is 6.61 Å². The minimum absolute atomic E-state index is 0.163. The summed E-state index contributed by atoms with van der Waals surface area (Å²) in [6.45, 7) is 0.842. The van der Waals surface area contributed by atoms with Crippen molar-refractivity contribution in [2.75, 3.05) is 13.2 Å². The van der Waals surface area contributed by atoms with Crippen LogP contribution in [0.1, 0.15) is 24.0 Å². The lowest BCUT2D eigenvalue weighted by Gasteiger charge is -2.23. The van der Waals surface area contributed by atoms with Crippen molar-refractivity contribution in [3.8, 4) is 6.07 Å². The maximum Gasteiger partial charge on any atom is 0.132 e. The number of fused-ring (bicyclic) bond motifs is 1. The highest BCUT2D eigenvalue weighted by molar-refractivity contribution is 5.43. The zero-order valence-corrected chi connectivity index (χ0v) is 9.24. The van der Waals surface area contributed by atoms with E-state index in [2.05, 4.69) is 17.5 Å². The SMILES string of the molecule is N#CC1(NCCCO)CCc2ccccc21. The molecule has 0 aliphatic heterocycles. The average Bonchev–Trinajstić information content (AvgIpc) is 2.70. The molecule has 84 valence electrons. The predicted molar refractivity (Wildman–Crippen MR) is 61.8 cm³/mol. The molecule has 1 aliphatic carbocycles. The van der Waals surface area contributed by atoms with Crippen LogP contribution in [0.4, 0.5) is 0 Å². The van der Waals surface area contributed by atoms with Crippen molar-refractivity contribution in [1.82, 2.24) is 5.32 Å². The van der Waals surface area contributed by atoms with Crippen LogP contribution in [-0.4, -0.2) is 18.3 Å². The third kappa shape index (κ3) is 1.82. The molecule has 0 heterocycles. The Morgan fingerprint density at radius 1 is 1.44 bits per heavy atom. The molecular weight excluding hydrogens is 200 g/mol. The molecule has 2 rings (SSSR count). The quantitative estimate of drug-likeness (QED) is 0.746. The van der Waals surface area contributed by atoms with Gasteiger partial charge in [-0.1, -0.05) is 24.3 Å². The molecule has 0 bridgehead atoms. The number of benzene rings is 1. The molecule has 0 spiro atoms. The minimum atomic E-state index is -0.536. The van der Waals surface area contributed by atoms with Crippen LogP contribution in [0.25, 0.3) is 0 Å². The van der Waals surface area contributed by atoms with E-state index in [1.54, 1.807) is 0 Å². The monoisotopic (exact) mass is 216 g/mol. The minimum Gasteiger partial charge on any atom is -0.396 e. The Labute approximate surface area is 95.7 Å². The first-order chi connectivity index (χ1) is 7.82. The maximum atomic E-state index is 9.39. The normalized spacial score (nSPS) is 22.8. The predicted octanol–water partition coefficient (Wildman–Crippen LogP) is 1.32. The molecule has 0 fully saturated rings. The van der Waals surface area contributed by atoms with Crippen molar-refractivity contribution in [3.63, 3.8) is 0 Å². The second-order valence-electron chi connectivity index (χ2n) is 4.18. The van der Waals surface area contributed by atoms with Gasteiger partial charge in [0, 0.05) is 6.61 Å². The smallest absolute Gasteiger partial charge is 0.132 e. The molecule has 2 N–H and O–H groups in total. The number of nitrogens with zero attached hydrogens (tertiary/aromatic N) is 1. The Kier molecular flexibility index (Phi) is 3.23. The average molecular weight is 216 g/mol. The Balaban J connectivity index is 2.21. The van der Waals surface area contributed by atoms with Crippen LogP contribution < -0.4 is 5.32 Å². The van der Waals surface area contributed by atoms with Gasteiger partial charge in [-0.15, -0.1) is 0 Å². The van der Waals surface area contributed by atoms with Crippen LogP contribution in [0.2, 0.25) is 0 Å². The van der Waals surface area contributed by atoms with Crippen molar-refractivity contribution in [1.29, 1.82) is 5.26 Å². The molecular formula is C13H16N2O. The van der Waals surface area contributed by atoms with Crippen molar-refractivity contribution < 1.29 is 5.11 Å². The lowest BCUT2D eigenvalue weighted by molar-refractivity contribution is 0.278. The van der Waals surface area contributed by atoms with Gasteiger partial charge in [-0.25, -0.2) is 0 Å². The number of aliphatic hydroxyl groups excluding tert-OH is 1. The fourth-order valence-electron chi connectivity index (χ4n) is 2.33. The van der Waals surface area contributed by atoms with E-state index in [0.717, 1.165) is 18.4 Å². The summed E-state index contributed by atoms with van der Waals surface area (Å²) in [5, 5.41) is 21.4. The Bertz CT molecular complexity index is 411. The highest BCUT2D eigenvalue weighted by Gasteiger charge is 2.37. The summed E-state index contributed by atoms with van der Waals surface area (Å²) in [7, 11) is 0. The topological polar surface area (TPSA) is 56.0 Å². The number of hydrogen-bond acceptors (Lipinski definition) is 3. The van der Waals surface area contributed by atoms with Gasteiger partial charge in [-0.05, 0) is 36.9 Å². The van der Waals surface area contributed by atoms with Gasteiger partial charge < -0.3 is 5.11 Å². The Morgan fingerprint density at radius 3 is 3.00 bits per heavy atom. The first-order valence-corrected chi connectivity index (χ1v) is 5.68. The molecule has 0 saturated heterocycles. The first kappa shape index (κ1) is 11.1. The summed E-state index contributed by atoms with van der Waals surface area (Å²) in [4.78, 5) is 0. The molecule has 1 aromatic carbocycles. The molecule has 3 nitrogen and oxygen atoms in total. The van der Waals surface area contributed by atoms with Gasteiger partial charge in [0.2, 0.25) is 0 Å². The van der Waals surface area contributed by atoms with E-state index in [9.17, 15) is 5.26 Å². The fraction of sp³-hybridized carbons (Fsp3) is 0.462. The van der Waals surface area contributed by atoms with Crippen molar-refractivity contribution >= 4 is 0 Å². The number of nitriles is 1. The number of hydrogen-bond donors (Lipinski definition) is 2. The molecule has 1 unspecified atom stereocenters. The van der Waals surface area contributed by atoms with E-state index in [1.807, 2.05) is 18.2 Å².